The molecule has 6 heteroatoms. The van der Waals surface area contributed by atoms with Crippen LogP contribution in [-0.4, -0.2) is 28.7 Å². The van der Waals surface area contributed by atoms with E-state index in [2.05, 4.69) is 27.6 Å². The quantitative estimate of drug-likeness (QED) is 0.536. The van der Waals surface area contributed by atoms with Crippen molar-refractivity contribution < 1.29 is 4.74 Å². The third-order valence-electron chi connectivity index (χ3n) is 3.11. The molecule has 1 aromatic rings. The predicted molar refractivity (Wildman–Crippen MR) is 66.6 cm³/mol. The van der Waals surface area contributed by atoms with Gasteiger partial charge < -0.3 is 15.5 Å². The van der Waals surface area contributed by atoms with Crippen LogP contribution in [-0.2, 0) is 4.74 Å². The summed E-state index contributed by atoms with van der Waals surface area (Å²) >= 11 is 0. The molecule has 2 rings (SSSR count). The molecule has 0 bridgehead atoms. The molecule has 94 valence electrons. The largest absolute Gasteiger partial charge is 0.376 e. The molecule has 0 aliphatic carbocycles. The van der Waals surface area contributed by atoms with Gasteiger partial charge in [-0.25, -0.2) is 15.8 Å². The van der Waals surface area contributed by atoms with Gasteiger partial charge in [0.15, 0.2) is 0 Å². The molecule has 1 aliphatic rings. The molecule has 17 heavy (non-hydrogen) atoms. The fourth-order valence-corrected chi connectivity index (χ4v) is 2.05. The Morgan fingerprint density at radius 2 is 2.24 bits per heavy atom. The second-order valence-electron chi connectivity index (χ2n) is 4.32. The van der Waals surface area contributed by atoms with Crippen molar-refractivity contribution in [3.8, 4) is 0 Å². The highest BCUT2D eigenvalue weighted by Gasteiger charge is 2.23. The number of rotatable bonds is 4. The molecule has 0 spiro atoms. The minimum atomic E-state index is 0.233. The Morgan fingerprint density at radius 1 is 1.47 bits per heavy atom. The van der Waals surface area contributed by atoms with Gasteiger partial charge in [-0.3, -0.25) is 0 Å². The molecule has 2 unspecified atom stereocenters. The first-order valence-electron chi connectivity index (χ1n) is 5.88. The minimum Gasteiger partial charge on any atom is -0.376 e. The van der Waals surface area contributed by atoms with E-state index in [9.17, 15) is 0 Å². The highest BCUT2D eigenvalue weighted by atomic mass is 16.5. The van der Waals surface area contributed by atoms with Crippen molar-refractivity contribution in [2.75, 3.05) is 17.3 Å². The van der Waals surface area contributed by atoms with Gasteiger partial charge in [0.05, 0.1) is 12.1 Å². The normalized spacial score (nSPS) is 21.2. The number of nitrogens with zero attached hydrogens (tertiary/aromatic N) is 2. The number of hydrazine groups is 1. The number of nitrogen functional groups attached to an aromatic ring is 1. The molecule has 1 saturated heterocycles. The van der Waals surface area contributed by atoms with Crippen LogP contribution in [0.1, 0.15) is 25.3 Å². The molecule has 0 radical (unpaired) electrons. The summed E-state index contributed by atoms with van der Waals surface area (Å²) < 4.78 is 5.64. The minimum absolute atomic E-state index is 0.233. The summed E-state index contributed by atoms with van der Waals surface area (Å²) in [6.45, 7) is 4.89. The van der Waals surface area contributed by atoms with Crippen molar-refractivity contribution in [3.63, 3.8) is 0 Å². The standard InChI is InChI=1S/C11H19N5O/c1-7-10(13-6-14-11(7)16-12)15-8(2)9-4-3-5-17-9/h6,8-9H,3-5,12H2,1-2H3,(H2,13,14,15,16). The third-order valence-corrected chi connectivity index (χ3v) is 3.11. The lowest BCUT2D eigenvalue weighted by molar-refractivity contribution is 0.0995. The molecule has 4 N–H and O–H groups in total. The summed E-state index contributed by atoms with van der Waals surface area (Å²) in [6.07, 6.45) is 3.99. The topological polar surface area (TPSA) is 85.1 Å². The predicted octanol–water partition coefficient (Wildman–Crippen LogP) is 1.05. The molecule has 0 amide bonds. The smallest absolute Gasteiger partial charge is 0.148 e. The van der Waals surface area contributed by atoms with Gasteiger partial charge in [0.1, 0.15) is 18.0 Å². The van der Waals surface area contributed by atoms with E-state index in [1.807, 2.05) is 6.92 Å². The van der Waals surface area contributed by atoms with Crippen molar-refractivity contribution in [2.45, 2.75) is 38.8 Å². The van der Waals surface area contributed by atoms with Gasteiger partial charge in [0.2, 0.25) is 0 Å². The van der Waals surface area contributed by atoms with Crippen LogP contribution >= 0.6 is 0 Å². The molecule has 2 atom stereocenters. The van der Waals surface area contributed by atoms with E-state index in [4.69, 9.17) is 10.6 Å². The summed E-state index contributed by atoms with van der Waals surface area (Å²) in [5.41, 5.74) is 3.47. The second kappa shape index (κ2) is 5.29. The molecule has 0 aromatic carbocycles. The third kappa shape index (κ3) is 2.65. The Labute approximate surface area is 101 Å². The van der Waals surface area contributed by atoms with Gasteiger partial charge in [0.25, 0.3) is 0 Å². The molecule has 0 saturated carbocycles. The van der Waals surface area contributed by atoms with Crippen molar-refractivity contribution in [1.82, 2.24) is 9.97 Å². The average Bonchev–Trinajstić information content (AvgIpc) is 2.85. The van der Waals surface area contributed by atoms with E-state index in [1.165, 1.54) is 6.33 Å². The van der Waals surface area contributed by atoms with E-state index in [1.54, 1.807) is 0 Å². The van der Waals surface area contributed by atoms with Crippen LogP contribution in [0.2, 0.25) is 0 Å². The summed E-state index contributed by atoms with van der Waals surface area (Å²) in [5.74, 6) is 6.82. The van der Waals surface area contributed by atoms with Gasteiger partial charge in [-0.05, 0) is 26.7 Å². The Morgan fingerprint density at radius 3 is 2.88 bits per heavy atom. The Balaban J connectivity index is 2.07. The van der Waals surface area contributed by atoms with Gasteiger partial charge >= 0.3 is 0 Å². The van der Waals surface area contributed by atoms with Crippen molar-refractivity contribution in [3.05, 3.63) is 11.9 Å². The van der Waals surface area contributed by atoms with Crippen molar-refractivity contribution in [1.29, 1.82) is 0 Å². The fourth-order valence-electron chi connectivity index (χ4n) is 2.05. The van der Waals surface area contributed by atoms with Gasteiger partial charge in [-0.2, -0.15) is 0 Å². The first kappa shape index (κ1) is 12.1. The number of anilines is 2. The number of ether oxygens (including phenoxy) is 1. The number of aromatic nitrogens is 2. The molecule has 6 nitrogen and oxygen atoms in total. The zero-order valence-electron chi connectivity index (χ0n) is 10.2. The molecule has 1 fully saturated rings. The van der Waals surface area contributed by atoms with Gasteiger partial charge in [0, 0.05) is 12.2 Å². The van der Waals surface area contributed by atoms with Crippen LogP contribution in [0.4, 0.5) is 11.6 Å². The zero-order chi connectivity index (χ0) is 12.3. The van der Waals surface area contributed by atoms with Gasteiger partial charge in [-0.15, -0.1) is 0 Å². The van der Waals surface area contributed by atoms with Crippen molar-refractivity contribution >= 4 is 11.6 Å². The Kier molecular flexibility index (Phi) is 3.75. The monoisotopic (exact) mass is 237 g/mol. The lowest BCUT2D eigenvalue weighted by atomic mass is 10.1. The zero-order valence-corrected chi connectivity index (χ0v) is 10.2. The van der Waals surface area contributed by atoms with E-state index in [0.717, 1.165) is 30.8 Å². The Bertz CT molecular complexity index is 378. The van der Waals surface area contributed by atoms with Crippen LogP contribution in [0.3, 0.4) is 0 Å². The summed E-state index contributed by atoms with van der Waals surface area (Å²) in [7, 11) is 0. The van der Waals surface area contributed by atoms with E-state index in [0.29, 0.717) is 5.82 Å². The van der Waals surface area contributed by atoms with E-state index in [-0.39, 0.29) is 12.1 Å². The molecule has 1 aromatic heterocycles. The maximum atomic E-state index is 5.64. The van der Waals surface area contributed by atoms with Crippen LogP contribution in [0.5, 0.6) is 0 Å². The van der Waals surface area contributed by atoms with Crippen LogP contribution in [0, 0.1) is 6.92 Å². The lowest BCUT2D eigenvalue weighted by Crippen LogP contribution is -2.31. The maximum absolute atomic E-state index is 5.64. The number of hydrogen-bond acceptors (Lipinski definition) is 6. The SMILES string of the molecule is Cc1c(NN)ncnc1NC(C)C1CCCO1. The number of nitrogens with one attached hydrogen (secondary N) is 2. The average molecular weight is 237 g/mol. The fraction of sp³-hybridized carbons (Fsp3) is 0.636. The number of nitrogens with two attached hydrogens (primary N) is 1. The van der Waals surface area contributed by atoms with E-state index >= 15 is 0 Å². The maximum Gasteiger partial charge on any atom is 0.148 e. The first-order chi connectivity index (χ1) is 8.22. The summed E-state index contributed by atoms with van der Waals surface area (Å²) in [5, 5.41) is 3.36. The van der Waals surface area contributed by atoms with Crippen LogP contribution in [0.25, 0.3) is 0 Å². The molecular formula is C11H19N5O. The highest BCUT2D eigenvalue weighted by molar-refractivity contribution is 5.56. The Hall–Kier alpha value is -1.40. The van der Waals surface area contributed by atoms with Crippen LogP contribution in [0.15, 0.2) is 6.33 Å². The van der Waals surface area contributed by atoms with E-state index < -0.39 is 0 Å². The summed E-state index contributed by atoms with van der Waals surface area (Å²) in [4.78, 5) is 8.27. The highest BCUT2D eigenvalue weighted by Crippen LogP contribution is 2.22. The van der Waals surface area contributed by atoms with Crippen molar-refractivity contribution in [2.24, 2.45) is 5.84 Å². The molecule has 1 aliphatic heterocycles. The molecule has 2 heterocycles. The summed E-state index contributed by atoms with van der Waals surface area (Å²) in [6, 6.07) is 0.233. The second-order valence-corrected chi connectivity index (χ2v) is 4.32. The first-order valence-corrected chi connectivity index (χ1v) is 5.88. The lowest BCUT2D eigenvalue weighted by Gasteiger charge is -2.21. The number of hydrogen-bond donors (Lipinski definition) is 3. The van der Waals surface area contributed by atoms with Gasteiger partial charge in [-0.1, -0.05) is 0 Å². The van der Waals surface area contributed by atoms with Crippen LogP contribution < -0.4 is 16.6 Å². The molecular weight excluding hydrogens is 218 g/mol.